The van der Waals surface area contributed by atoms with Gasteiger partial charge in [0.15, 0.2) is 0 Å². The Morgan fingerprint density at radius 3 is 2.71 bits per heavy atom. The van der Waals surface area contributed by atoms with Gasteiger partial charge in [-0.15, -0.1) is 0 Å². The van der Waals surface area contributed by atoms with Gasteiger partial charge in [0.25, 0.3) is 0 Å². The molecule has 1 aromatic carbocycles. The number of aromatic nitrogens is 1. The van der Waals surface area contributed by atoms with Crippen molar-refractivity contribution in [1.29, 1.82) is 0 Å². The first-order chi connectivity index (χ1) is 8.24. The van der Waals surface area contributed by atoms with Crippen LogP contribution >= 0.6 is 15.9 Å². The Bertz CT molecular complexity index is 511. The fraction of sp³-hybridized carbons (Fsp3) is 0.143. The molecule has 0 unspecified atom stereocenters. The number of hydrogen-bond donors (Lipinski definition) is 0. The van der Waals surface area contributed by atoms with Gasteiger partial charge in [-0.1, -0.05) is 34.1 Å². The summed E-state index contributed by atoms with van der Waals surface area (Å²) in [6, 6.07) is 13.4. The molecule has 2 nitrogen and oxygen atoms in total. The molecule has 0 fully saturated rings. The number of Topliss-reactive ketones (excluding diaryl/α,β-unsaturated/α-hetero) is 1. The summed E-state index contributed by atoms with van der Waals surface area (Å²) in [7, 11) is 0. The molecule has 0 amide bonds. The van der Waals surface area contributed by atoms with Crippen molar-refractivity contribution >= 4 is 21.7 Å². The molecule has 0 aliphatic heterocycles. The zero-order valence-corrected chi connectivity index (χ0v) is 10.9. The predicted molar refractivity (Wildman–Crippen MR) is 70.8 cm³/mol. The van der Waals surface area contributed by atoms with E-state index in [4.69, 9.17) is 0 Å². The van der Waals surface area contributed by atoms with Crippen LogP contribution in [0.25, 0.3) is 0 Å². The third-order valence-corrected chi connectivity index (χ3v) is 2.89. The second kappa shape index (κ2) is 5.73. The van der Waals surface area contributed by atoms with Crippen LogP contribution in [0.2, 0.25) is 0 Å². The van der Waals surface area contributed by atoms with E-state index in [1.807, 2.05) is 42.5 Å². The first-order valence-electron chi connectivity index (χ1n) is 5.40. The van der Waals surface area contributed by atoms with E-state index in [0.29, 0.717) is 12.8 Å². The topological polar surface area (TPSA) is 30.0 Å². The third kappa shape index (κ3) is 3.79. The van der Waals surface area contributed by atoms with Gasteiger partial charge in [0.05, 0.1) is 0 Å². The summed E-state index contributed by atoms with van der Waals surface area (Å²) in [6.45, 7) is 0. The fourth-order valence-corrected chi connectivity index (χ4v) is 2.09. The van der Waals surface area contributed by atoms with Crippen molar-refractivity contribution in [2.45, 2.75) is 12.8 Å². The van der Waals surface area contributed by atoms with Gasteiger partial charge in [0.2, 0.25) is 0 Å². The van der Waals surface area contributed by atoms with Crippen LogP contribution in [0.4, 0.5) is 0 Å². The van der Waals surface area contributed by atoms with Gasteiger partial charge in [-0.3, -0.25) is 9.78 Å². The van der Waals surface area contributed by atoms with E-state index in [0.717, 1.165) is 15.7 Å². The van der Waals surface area contributed by atoms with E-state index in [2.05, 4.69) is 20.9 Å². The van der Waals surface area contributed by atoms with Gasteiger partial charge in [-0.05, 0) is 29.8 Å². The maximum Gasteiger partial charge on any atom is 0.143 e. The Hall–Kier alpha value is -1.48. The summed E-state index contributed by atoms with van der Waals surface area (Å²) in [4.78, 5) is 16.0. The molecule has 86 valence electrons. The Morgan fingerprint density at radius 1 is 1.12 bits per heavy atom. The van der Waals surface area contributed by atoms with Gasteiger partial charge in [-0.25, -0.2) is 0 Å². The summed E-state index contributed by atoms with van der Waals surface area (Å²) < 4.78 is 1.00. The van der Waals surface area contributed by atoms with Crippen LogP contribution in [0.3, 0.4) is 0 Å². The highest BCUT2D eigenvalue weighted by Gasteiger charge is 2.06. The number of pyridine rings is 1. The van der Waals surface area contributed by atoms with E-state index in [1.54, 1.807) is 6.20 Å². The Labute approximate surface area is 109 Å². The lowest BCUT2D eigenvalue weighted by Crippen LogP contribution is -2.07. The van der Waals surface area contributed by atoms with E-state index in [-0.39, 0.29) is 5.78 Å². The zero-order chi connectivity index (χ0) is 12.1. The molecule has 2 aromatic rings. The summed E-state index contributed by atoms with van der Waals surface area (Å²) in [5.74, 6) is 0.182. The largest absolute Gasteiger partial charge is 0.299 e. The first-order valence-corrected chi connectivity index (χ1v) is 6.19. The van der Waals surface area contributed by atoms with Crippen LogP contribution in [0.15, 0.2) is 53.1 Å². The highest BCUT2D eigenvalue weighted by atomic mass is 79.9. The lowest BCUT2D eigenvalue weighted by molar-refractivity contribution is -0.117. The minimum atomic E-state index is 0.182. The molecule has 0 N–H and O–H groups in total. The average Bonchev–Trinajstić information content (AvgIpc) is 2.30. The summed E-state index contributed by atoms with van der Waals surface area (Å²) in [5, 5.41) is 0. The molecule has 1 heterocycles. The van der Waals surface area contributed by atoms with Gasteiger partial charge in [-0.2, -0.15) is 0 Å². The van der Waals surface area contributed by atoms with Crippen LogP contribution in [0.1, 0.15) is 11.3 Å². The normalized spacial score (nSPS) is 10.2. The lowest BCUT2D eigenvalue weighted by Gasteiger charge is -2.01. The summed E-state index contributed by atoms with van der Waals surface area (Å²) >= 11 is 3.40. The third-order valence-electron chi connectivity index (χ3n) is 2.39. The molecular weight excluding hydrogens is 278 g/mol. The number of benzene rings is 1. The molecule has 3 heteroatoms. The van der Waals surface area contributed by atoms with Crippen molar-refractivity contribution in [2.75, 3.05) is 0 Å². The molecule has 17 heavy (non-hydrogen) atoms. The fourth-order valence-electron chi connectivity index (χ4n) is 1.64. The molecule has 0 spiro atoms. The average molecular weight is 290 g/mol. The number of rotatable bonds is 4. The maximum absolute atomic E-state index is 11.8. The first kappa shape index (κ1) is 12.0. The van der Waals surface area contributed by atoms with E-state index in [9.17, 15) is 4.79 Å². The van der Waals surface area contributed by atoms with Gasteiger partial charge < -0.3 is 0 Å². The summed E-state index contributed by atoms with van der Waals surface area (Å²) in [6.07, 6.45) is 2.56. The van der Waals surface area contributed by atoms with Crippen molar-refractivity contribution in [2.24, 2.45) is 0 Å². The highest BCUT2D eigenvalue weighted by molar-refractivity contribution is 9.10. The lowest BCUT2D eigenvalue weighted by atomic mass is 10.1. The minimum absolute atomic E-state index is 0.182. The van der Waals surface area contributed by atoms with Crippen molar-refractivity contribution in [3.05, 3.63) is 64.4 Å². The van der Waals surface area contributed by atoms with E-state index in [1.165, 1.54) is 0 Å². The number of nitrogens with zero attached hydrogens (tertiary/aromatic N) is 1. The predicted octanol–water partition coefficient (Wildman–Crippen LogP) is 3.20. The monoisotopic (exact) mass is 289 g/mol. The van der Waals surface area contributed by atoms with Gasteiger partial charge in [0.1, 0.15) is 5.78 Å². The second-order valence-electron chi connectivity index (χ2n) is 3.84. The van der Waals surface area contributed by atoms with Crippen LogP contribution in [0.5, 0.6) is 0 Å². The van der Waals surface area contributed by atoms with Crippen molar-refractivity contribution in [1.82, 2.24) is 4.98 Å². The van der Waals surface area contributed by atoms with Crippen LogP contribution < -0.4 is 0 Å². The molecule has 0 aliphatic carbocycles. The maximum atomic E-state index is 11.8. The minimum Gasteiger partial charge on any atom is -0.299 e. The number of ketones is 1. The quantitative estimate of drug-likeness (QED) is 0.865. The smallest absolute Gasteiger partial charge is 0.143 e. The number of carbonyl (C=O) groups excluding carboxylic acids is 1. The van der Waals surface area contributed by atoms with Crippen LogP contribution in [-0.4, -0.2) is 10.8 Å². The van der Waals surface area contributed by atoms with Crippen LogP contribution in [0, 0.1) is 0 Å². The summed E-state index contributed by atoms with van der Waals surface area (Å²) in [5.41, 5.74) is 1.85. The number of hydrogen-bond acceptors (Lipinski definition) is 2. The Balaban J connectivity index is 1.98. The molecule has 0 bridgehead atoms. The second-order valence-corrected chi connectivity index (χ2v) is 4.76. The zero-order valence-electron chi connectivity index (χ0n) is 9.27. The Morgan fingerprint density at radius 2 is 2.00 bits per heavy atom. The van der Waals surface area contributed by atoms with Crippen molar-refractivity contribution in [3.63, 3.8) is 0 Å². The van der Waals surface area contributed by atoms with Crippen molar-refractivity contribution in [3.8, 4) is 0 Å². The molecule has 0 aliphatic rings. The van der Waals surface area contributed by atoms with Gasteiger partial charge in [0, 0.05) is 29.2 Å². The SMILES string of the molecule is O=C(Cc1cccc(Br)c1)Cc1ccccn1. The van der Waals surface area contributed by atoms with Crippen molar-refractivity contribution < 1.29 is 4.79 Å². The standard InChI is InChI=1S/C14H12BrNO/c15-12-5-3-4-11(8-12)9-14(17)10-13-6-1-2-7-16-13/h1-8H,9-10H2. The molecular formula is C14H12BrNO. The van der Waals surface area contributed by atoms with Gasteiger partial charge >= 0.3 is 0 Å². The molecule has 1 aromatic heterocycles. The molecule has 0 saturated heterocycles. The molecule has 2 rings (SSSR count). The van der Waals surface area contributed by atoms with Crippen LogP contribution in [-0.2, 0) is 17.6 Å². The Kier molecular flexibility index (Phi) is 4.04. The highest BCUT2D eigenvalue weighted by Crippen LogP contribution is 2.12. The molecule has 0 radical (unpaired) electrons. The number of halogens is 1. The van der Waals surface area contributed by atoms with E-state index >= 15 is 0 Å². The van der Waals surface area contributed by atoms with E-state index < -0.39 is 0 Å². The molecule has 0 atom stereocenters. The number of carbonyl (C=O) groups is 1. The molecule has 0 saturated carbocycles.